The van der Waals surface area contributed by atoms with Gasteiger partial charge in [-0.05, 0) is 42.3 Å². The van der Waals surface area contributed by atoms with Crippen molar-refractivity contribution >= 4 is 28.7 Å². The van der Waals surface area contributed by atoms with Crippen molar-refractivity contribution in [3.8, 4) is 0 Å². The Labute approximate surface area is 140 Å². The molecule has 0 saturated heterocycles. The minimum atomic E-state index is -0.0588. The van der Waals surface area contributed by atoms with Gasteiger partial charge in [0.15, 0.2) is 0 Å². The number of anilines is 1. The monoisotopic (exact) mass is 320 g/mol. The van der Waals surface area contributed by atoms with Crippen LogP contribution >= 0.6 is 0 Å². The van der Waals surface area contributed by atoms with E-state index >= 15 is 0 Å². The Bertz CT molecular complexity index is 893. The number of aryl methyl sites for hydroxylation is 1. The minimum absolute atomic E-state index is 0.0588. The molecule has 0 aliphatic rings. The quantitative estimate of drug-likeness (QED) is 0.725. The molecule has 24 heavy (non-hydrogen) atoms. The number of para-hydroxylation sites is 1. The Morgan fingerprint density at radius 1 is 1.29 bits per heavy atom. The van der Waals surface area contributed by atoms with Crippen LogP contribution in [0.2, 0.25) is 0 Å². The zero-order chi connectivity index (χ0) is 17.1. The molecule has 1 amide bonds. The highest BCUT2D eigenvalue weighted by Gasteiger charge is 2.12. The van der Waals surface area contributed by atoms with Gasteiger partial charge in [0.1, 0.15) is 5.82 Å². The number of carbonyl (C=O) groups is 1. The number of aromatic amines is 1. The van der Waals surface area contributed by atoms with Gasteiger partial charge in [-0.1, -0.05) is 18.2 Å². The van der Waals surface area contributed by atoms with Crippen LogP contribution in [0.15, 0.2) is 48.7 Å². The maximum Gasteiger partial charge on any atom is 0.246 e. The van der Waals surface area contributed by atoms with Crippen molar-refractivity contribution in [2.75, 3.05) is 12.8 Å². The number of nitrogens with zero attached hydrogens (tertiary/aromatic N) is 2. The second-order valence-electron chi connectivity index (χ2n) is 5.82. The SMILES string of the molecule is Cc1[nH]c2ccccc2c1CN(C)C(=O)C=Cc1ccc(N)nc1. The van der Waals surface area contributed by atoms with Gasteiger partial charge in [0.25, 0.3) is 0 Å². The Morgan fingerprint density at radius 3 is 2.83 bits per heavy atom. The van der Waals surface area contributed by atoms with Crippen molar-refractivity contribution in [3.63, 3.8) is 0 Å². The van der Waals surface area contributed by atoms with Crippen LogP contribution in [0.3, 0.4) is 0 Å². The number of hydrogen-bond donors (Lipinski definition) is 2. The first-order valence-corrected chi connectivity index (χ1v) is 7.75. The van der Waals surface area contributed by atoms with Gasteiger partial charge < -0.3 is 15.6 Å². The van der Waals surface area contributed by atoms with Gasteiger partial charge >= 0.3 is 0 Å². The summed E-state index contributed by atoms with van der Waals surface area (Å²) in [6.45, 7) is 2.59. The van der Waals surface area contributed by atoms with E-state index in [-0.39, 0.29) is 5.91 Å². The summed E-state index contributed by atoms with van der Waals surface area (Å²) in [6.07, 6.45) is 4.94. The van der Waals surface area contributed by atoms with E-state index in [1.54, 1.807) is 36.4 Å². The first-order valence-electron chi connectivity index (χ1n) is 7.75. The number of carbonyl (C=O) groups excluding carboxylic acids is 1. The molecule has 5 nitrogen and oxygen atoms in total. The molecule has 0 bridgehead atoms. The zero-order valence-electron chi connectivity index (χ0n) is 13.8. The summed E-state index contributed by atoms with van der Waals surface area (Å²) >= 11 is 0. The van der Waals surface area contributed by atoms with Gasteiger partial charge in [-0.15, -0.1) is 0 Å². The molecular formula is C19H20N4O. The number of amides is 1. The summed E-state index contributed by atoms with van der Waals surface area (Å²) in [4.78, 5) is 21.4. The lowest BCUT2D eigenvalue weighted by atomic mass is 10.1. The average Bonchev–Trinajstić information content (AvgIpc) is 2.90. The van der Waals surface area contributed by atoms with E-state index in [9.17, 15) is 4.79 Å². The number of pyridine rings is 1. The molecule has 0 unspecified atom stereocenters. The molecule has 1 aromatic carbocycles. The van der Waals surface area contributed by atoms with E-state index < -0.39 is 0 Å². The maximum absolute atomic E-state index is 12.3. The molecule has 2 heterocycles. The number of nitrogen functional groups attached to an aromatic ring is 1. The number of nitrogens with two attached hydrogens (primary N) is 1. The Kier molecular flexibility index (Phi) is 4.33. The third-order valence-electron chi connectivity index (χ3n) is 4.03. The van der Waals surface area contributed by atoms with Crippen molar-refractivity contribution in [2.45, 2.75) is 13.5 Å². The molecule has 3 aromatic rings. The van der Waals surface area contributed by atoms with Crippen LogP contribution in [-0.4, -0.2) is 27.8 Å². The molecule has 0 spiro atoms. The lowest BCUT2D eigenvalue weighted by Gasteiger charge is -2.15. The first kappa shape index (κ1) is 15.8. The molecule has 0 radical (unpaired) electrons. The molecule has 0 aliphatic carbocycles. The van der Waals surface area contributed by atoms with Crippen LogP contribution in [-0.2, 0) is 11.3 Å². The molecule has 0 saturated carbocycles. The van der Waals surface area contributed by atoms with E-state index in [0.29, 0.717) is 12.4 Å². The molecule has 0 atom stereocenters. The number of hydrogen-bond acceptors (Lipinski definition) is 3. The van der Waals surface area contributed by atoms with Crippen molar-refractivity contribution in [1.82, 2.24) is 14.9 Å². The normalized spacial score (nSPS) is 11.2. The summed E-state index contributed by atoms with van der Waals surface area (Å²) in [5.74, 6) is 0.405. The number of aromatic nitrogens is 2. The van der Waals surface area contributed by atoms with E-state index in [1.807, 2.05) is 31.2 Å². The molecule has 122 valence electrons. The lowest BCUT2D eigenvalue weighted by molar-refractivity contribution is -0.125. The van der Waals surface area contributed by atoms with Crippen molar-refractivity contribution in [3.05, 3.63) is 65.5 Å². The Morgan fingerprint density at radius 2 is 2.08 bits per heavy atom. The number of nitrogens with one attached hydrogen (secondary N) is 1. The van der Waals surface area contributed by atoms with Gasteiger partial charge in [-0.3, -0.25) is 4.79 Å². The average molecular weight is 320 g/mol. The van der Waals surface area contributed by atoms with Crippen LogP contribution in [0.5, 0.6) is 0 Å². The fraction of sp³-hybridized carbons (Fsp3) is 0.158. The minimum Gasteiger partial charge on any atom is -0.384 e. The first-order chi connectivity index (χ1) is 11.5. The smallest absolute Gasteiger partial charge is 0.246 e. The topological polar surface area (TPSA) is 75.0 Å². The third kappa shape index (κ3) is 3.30. The van der Waals surface area contributed by atoms with E-state index in [1.165, 1.54) is 0 Å². The highest BCUT2D eigenvalue weighted by molar-refractivity contribution is 5.92. The van der Waals surface area contributed by atoms with E-state index in [4.69, 9.17) is 5.73 Å². The van der Waals surface area contributed by atoms with Gasteiger partial charge in [-0.2, -0.15) is 0 Å². The highest BCUT2D eigenvalue weighted by atomic mass is 16.2. The van der Waals surface area contributed by atoms with Crippen molar-refractivity contribution in [1.29, 1.82) is 0 Å². The molecule has 0 aliphatic heterocycles. The molecule has 2 aromatic heterocycles. The fourth-order valence-electron chi connectivity index (χ4n) is 2.66. The molecule has 0 fully saturated rings. The van der Waals surface area contributed by atoms with Gasteiger partial charge in [0, 0.05) is 42.5 Å². The Hall–Kier alpha value is -3.08. The largest absolute Gasteiger partial charge is 0.384 e. The van der Waals surface area contributed by atoms with E-state index in [0.717, 1.165) is 27.7 Å². The molecule has 3 N–H and O–H groups in total. The number of fused-ring (bicyclic) bond motifs is 1. The predicted octanol–water partition coefficient (Wildman–Crippen LogP) is 3.13. The van der Waals surface area contributed by atoms with Crippen LogP contribution in [0.25, 0.3) is 17.0 Å². The number of rotatable bonds is 4. The van der Waals surface area contributed by atoms with Gasteiger partial charge in [0.2, 0.25) is 5.91 Å². The zero-order valence-corrected chi connectivity index (χ0v) is 13.8. The highest BCUT2D eigenvalue weighted by Crippen LogP contribution is 2.23. The third-order valence-corrected chi connectivity index (χ3v) is 4.03. The van der Waals surface area contributed by atoms with Crippen molar-refractivity contribution in [2.24, 2.45) is 0 Å². The summed E-state index contributed by atoms with van der Waals surface area (Å²) in [5.41, 5.74) is 9.71. The molecular weight excluding hydrogens is 300 g/mol. The second-order valence-corrected chi connectivity index (χ2v) is 5.82. The van der Waals surface area contributed by atoms with Gasteiger partial charge in [-0.25, -0.2) is 4.98 Å². The van der Waals surface area contributed by atoms with Crippen LogP contribution < -0.4 is 5.73 Å². The summed E-state index contributed by atoms with van der Waals surface area (Å²) in [5, 5.41) is 1.15. The van der Waals surface area contributed by atoms with Gasteiger partial charge in [0.05, 0.1) is 0 Å². The Balaban J connectivity index is 1.74. The van der Waals surface area contributed by atoms with Crippen molar-refractivity contribution < 1.29 is 4.79 Å². The summed E-state index contributed by atoms with van der Waals surface area (Å²) in [7, 11) is 1.80. The maximum atomic E-state index is 12.3. The standard InChI is InChI=1S/C19H20N4O/c1-13-16(15-5-3-4-6-17(15)22-13)12-23(2)19(24)10-8-14-7-9-18(20)21-11-14/h3-11,22H,12H2,1-2H3,(H2,20,21). The summed E-state index contributed by atoms with van der Waals surface area (Å²) < 4.78 is 0. The van der Waals surface area contributed by atoms with Crippen LogP contribution in [0, 0.1) is 6.92 Å². The second kappa shape index (κ2) is 6.58. The predicted molar refractivity (Wildman–Crippen MR) is 97.2 cm³/mol. The molecule has 3 rings (SSSR count). The van der Waals surface area contributed by atoms with Crippen LogP contribution in [0.1, 0.15) is 16.8 Å². The molecule has 5 heteroatoms. The van der Waals surface area contributed by atoms with E-state index in [2.05, 4.69) is 16.0 Å². The lowest BCUT2D eigenvalue weighted by Crippen LogP contribution is -2.24. The summed E-state index contributed by atoms with van der Waals surface area (Å²) in [6, 6.07) is 11.7. The number of benzene rings is 1. The van der Waals surface area contributed by atoms with Crippen LogP contribution in [0.4, 0.5) is 5.82 Å². The fourth-order valence-corrected chi connectivity index (χ4v) is 2.66. The number of H-pyrrole nitrogens is 1. The number of likely N-dealkylation sites (N-methyl/N-ethyl adjacent to an activating group) is 1.